The number of ether oxygens (including phenoxy) is 1. The van der Waals surface area contributed by atoms with Crippen LogP contribution in [0.25, 0.3) is 0 Å². The van der Waals surface area contributed by atoms with Gasteiger partial charge in [0, 0.05) is 37.0 Å². The summed E-state index contributed by atoms with van der Waals surface area (Å²) in [6.45, 7) is 8.17. The first kappa shape index (κ1) is 22.8. The molecule has 3 rings (SSSR count). The van der Waals surface area contributed by atoms with Crippen LogP contribution < -0.4 is 5.32 Å². The summed E-state index contributed by atoms with van der Waals surface area (Å²) in [7, 11) is 0. The summed E-state index contributed by atoms with van der Waals surface area (Å²) in [4.78, 5) is 33.6. The van der Waals surface area contributed by atoms with Crippen molar-refractivity contribution < 1.29 is 14.3 Å². The van der Waals surface area contributed by atoms with Crippen LogP contribution >= 0.6 is 24.0 Å². The van der Waals surface area contributed by atoms with Gasteiger partial charge in [-0.25, -0.2) is 4.79 Å². The van der Waals surface area contributed by atoms with Crippen molar-refractivity contribution in [3.8, 4) is 0 Å². The van der Waals surface area contributed by atoms with Crippen LogP contribution in [0, 0.1) is 6.92 Å². The number of hydrogen-bond donors (Lipinski definition) is 1. The fraction of sp³-hybridized carbons (Fsp3) is 0.619. The molecule has 1 unspecified atom stereocenters. The predicted molar refractivity (Wildman–Crippen MR) is 123 cm³/mol. The van der Waals surface area contributed by atoms with E-state index in [1.54, 1.807) is 25.6 Å². The quantitative estimate of drug-likeness (QED) is 0.542. The molecule has 7 nitrogen and oxygen atoms in total. The summed E-state index contributed by atoms with van der Waals surface area (Å²) in [5.41, 5.74) is 2.58. The van der Waals surface area contributed by atoms with Gasteiger partial charge in [-0.1, -0.05) is 0 Å². The number of esters is 1. The number of nitrogens with zero attached hydrogens (tertiary/aromatic N) is 3. The van der Waals surface area contributed by atoms with Gasteiger partial charge in [0.15, 0.2) is 5.11 Å². The Balaban J connectivity index is 1.63. The molecule has 164 valence electrons. The zero-order valence-corrected chi connectivity index (χ0v) is 19.5. The predicted octanol–water partition coefficient (Wildman–Crippen LogP) is 2.54. The first-order valence-corrected chi connectivity index (χ1v) is 12.0. The minimum atomic E-state index is -0.476. The third-order valence-corrected chi connectivity index (χ3v) is 6.82. The minimum absolute atomic E-state index is 0.0883. The number of thioether (sulfide) groups is 1. The Morgan fingerprint density at radius 1 is 1.30 bits per heavy atom. The molecule has 30 heavy (non-hydrogen) atoms. The van der Waals surface area contributed by atoms with Gasteiger partial charge in [-0.2, -0.15) is 0 Å². The molecule has 2 saturated heterocycles. The second-order valence-corrected chi connectivity index (χ2v) is 9.14. The molecule has 1 amide bonds. The summed E-state index contributed by atoms with van der Waals surface area (Å²) >= 11 is 7.28. The lowest BCUT2D eigenvalue weighted by Gasteiger charge is -2.35. The Morgan fingerprint density at radius 3 is 2.67 bits per heavy atom. The molecule has 2 aliphatic rings. The van der Waals surface area contributed by atoms with Crippen LogP contribution in [-0.4, -0.2) is 75.7 Å². The number of likely N-dealkylation sites (tertiary alicyclic amines) is 1. The van der Waals surface area contributed by atoms with E-state index >= 15 is 0 Å². The molecule has 1 aromatic rings. The highest BCUT2D eigenvalue weighted by atomic mass is 32.2. The van der Waals surface area contributed by atoms with Crippen molar-refractivity contribution >= 4 is 41.0 Å². The first-order chi connectivity index (χ1) is 14.4. The fourth-order valence-corrected chi connectivity index (χ4v) is 5.08. The van der Waals surface area contributed by atoms with Crippen molar-refractivity contribution in [1.29, 1.82) is 0 Å². The molecule has 0 spiro atoms. The summed E-state index contributed by atoms with van der Waals surface area (Å²) in [5.74, 6) is 1.75. The van der Waals surface area contributed by atoms with Crippen molar-refractivity contribution in [3.63, 3.8) is 0 Å². The van der Waals surface area contributed by atoms with Crippen molar-refractivity contribution in [2.75, 3.05) is 37.9 Å². The zero-order valence-electron chi connectivity index (χ0n) is 17.8. The highest BCUT2D eigenvalue weighted by Crippen LogP contribution is 2.31. The zero-order chi connectivity index (χ0) is 21.7. The number of pyridine rings is 1. The molecule has 3 heterocycles. The van der Waals surface area contributed by atoms with Crippen LogP contribution in [0.15, 0.2) is 12.1 Å². The van der Waals surface area contributed by atoms with Gasteiger partial charge in [0.25, 0.3) is 5.91 Å². The largest absolute Gasteiger partial charge is 0.464 e. The molecule has 1 atom stereocenters. The molecular formula is C21H30N4O3S2. The van der Waals surface area contributed by atoms with Gasteiger partial charge in [-0.15, -0.1) is 11.8 Å². The topological polar surface area (TPSA) is 74.8 Å². The molecule has 0 aliphatic carbocycles. The van der Waals surface area contributed by atoms with Crippen molar-refractivity contribution in [3.05, 3.63) is 29.1 Å². The van der Waals surface area contributed by atoms with Crippen LogP contribution in [0.2, 0.25) is 0 Å². The Morgan fingerprint density at radius 2 is 2.03 bits per heavy atom. The van der Waals surface area contributed by atoms with E-state index in [0.29, 0.717) is 11.7 Å². The van der Waals surface area contributed by atoms with Crippen LogP contribution in [-0.2, 0) is 9.53 Å². The van der Waals surface area contributed by atoms with Gasteiger partial charge in [-0.05, 0) is 58.0 Å². The van der Waals surface area contributed by atoms with Crippen LogP contribution in [0.5, 0.6) is 0 Å². The lowest BCUT2D eigenvalue weighted by atomic mass is 9.90. The number of aromatic nitrogens is 1. The molecule has 1 N–H and O–H groups in total. The summed E-state index contributed by atoms with van der Waals surface area (Å²) in [6.07, 6.45) is 1.72. The monoisotopic (exact) mass is 450 g/mol. The molecule has 2 aliphatic heterocycles. The number of carbonyl (C=O) groups excluding carboxylic acids is 2. The van der Waals surface area contributed by atoms with Crippen LogP contribution in [0.1, 0.15) is 54.4 Å². The highest BCUT2D eigenvalue weighted by Gasteiger charge is 2.30. The number of piperidine rings is 1. The average Bonchev–Trinajstić information content (AvgIpc) is 3.28. The number of thiocarbonyl (C=S) groups is 1. The first-order valence-electron chi connectivity index (χ1n) is 10.5. The van der Waals surface area contributed by atoms with E-state index in [2.05, 4.69) is 10.2 Å². The molecule has 0 saturated carbocycles. The Bertz CT molecular complexity index is 790. The standard InChI is InChI=1S/C21H30N4O3S2/c1-4-28-20(27)15(3)23-21(29)24-9-7-16(8-10-24)18-17(6-5-14(2)22-18)19(26)25-11-12-30-13-25/h5-6,15-16H,4,7-13H2,1-3H3,(H,23,29). The molecule has 0 aromatic carbocycles. The van der Waals surface area contributed by atoms with Crippen molar-refractivity contribution in [2.24, 2.45) is 0 Å². The normalized spacial score (nSPS) is 18.2. The maximum absolute atomic E-state index is 13.0. The number of aryl methyl sites for hydroxylation is 1. The lowest BCUT2D eigenvalue weighted by molar-refractivity contribution is -0.144. The minimum Gasteiger partial charge on any atom is -0.464 e. The van der Waals surface area contributed by atoms with Gasteiger partial charge in [-0.3, -0.25) is 9.78 Å². The van der Waals surface area contributed by atoms with E-state index in [4.69, 9.17) is 21.9 Å². The molecule has 0 bridgehead atoms. The number of carbonyl (C=O) groups is 2. The lowest BCUT2D eigenvalue weighted by Crippen LogP contribution is -2.49. The number of hydrogen-bond acceptors (Lipinski definition) is 6. The smallest absolute Gasteiger partial charge is 0.328 e. The van der Waals surface area contributed by atoms with E-state index in [-0.39, 0.29) is 17.8 Å². The summed E-state index contributed by atoms with van der Waals surface area (Å²) < 4.78 is 5.03. The van der Waals surface area contributed by atoms with Gasteiger partial charge in [0.05, 0.1) is 23.7 Å². The molecule has 2 fully saturated rings. The fourth-order valence-electron chi connectivity index (χ4n) is 3.77. The van der Waals surface area contributed by atoms with Crippen LogP contribution in [0.4, 0.5) is 0 Å². The maximum atomic E-state index is 13.0. The number of amides is 1. The van der Waals surface area contributed by atoms with Gasteiger partial charge < -0.3 is 19.9 Å². The summed E-state index contributed by atoms with van der Waals surface area (Å²) in [5, 5.41) is 3.63. The SMILES string of the molecule is CCOC(=O)C(C)NC(=S)N1CCC(c2nc(C)ccc2C(=O)N2CCSC2)CC1. The van der Waals surface area contributed by atoms with E-state index in [9.17, 15) is 9.59 Å². The van der Waals surface area contributed by atoms with E-state index in [1.165, 1.54) is 0 Å². The molecule has 1 aromatic heterocycles. The maximum Gasteiger partial charge on any atom is 0.328 e. The molecular weight excluding hydrogens is 420 g/mol. The van der Waals surface area contributed by atoms with E-state index < -0.39 is 6.04 Å². The summed E-state index contributed by atoms with van der Waals surface area (Å²) in [6, 6.07) is 3.38. The molecule has 0 radical (unpaired) electrons. The third kappa shape index (κ3) is 5.43. The Kier molecular flexibility index (Phi) is 7.93. The van der Waals surface area contributed by atoms with Gasteiger partial charge in [0.1, 0.15) is 6.04 Å². The van der Waals surface area contributed by atoms with Crippen LogP contribution in [0.3, 0.4) is 0 Å². The number of nitrogens with one attached hydrogen (secondary N) is 1. The number of rotatable bonds is 5. The molecule has 9 heteroatoms. The van der Waals surface area contributed by atoms with E-state index in [0.717, 1.165) is 61.1 Å². The van der Waals surface area contributed by atoms with Gasteiger partial charge >= 0.3 is 5.97 Å². The van der Waals surface area contributed by atoms with Gasteiger partial charge in [0.2, 0.25) is 0 Å². The second-order valence-electron chi connectivity index (χ2n) is 7.68. The van der Waals surface area contributed by atoms with Crippen molar-refractivity contribution in [1.82, 2.24) is 20.1 Å². The van der Waals surface area contributed by atoms with E-state index in [1.807, 2.05) is 24.0 Å². The Hall–Kier alpha value is -1.87. The highest BCUT2D eigenvalue weighted by molar-refractivity contribution is 7.99. The second kappa shape index (κ2) is 10.4. The third-order valence-electron chi connectivity index (χ3n) is 5.48. The average molecular weight is 451 g/mol. The Labute approximate surface area is 187 Å². The van der Waals surface area contributed by atoms with Crippen molar-refractivity contribution in [2.45, 2.75) is 45.6 Å².